The number of nitrogens with one attached hydrogen (secondary N) is 2. The maximum Gasteiger partial charge on any atom is 0.191 e. The van der Waals surface area contributed by atoms with Crippen molar-refractivity contribution in [2.24, 2.45) is 4.99 Å². The van der Waals surface area contributed by atoms with Gasteiger partial charge in [-0.3, -0.25) is 4.99 Å². The van der Waals surface area contributed by atoms with Crippen molar-refractivity contribution in [3.63, 3.8) is 0 Å². The van der Waals surface area contributed by atoms with Gasteiger partial charge in [-0.1, -0.05) is 6.92 Å². The predicted octanol–water partition coefficient (Wildman–Crippen LogP) is 3.12. The van der Waals surface area contributed by atoms with Gasteiger partial charge in [0.05, 0.1) is 11.4 Å². The van der Waals surface area contributed by atoms with E-state index in [-0.39, 0.29) is 28.9 Å². The number of hydrogen-bond acceptors (Lipinski definition) is 5. The molecule has 0 saturated carbocycles. The van der Waals surface area contributed by atoms with Crippen molar-refractivity contribution < 1.29 is 13.2 Å². The first-order valence-corrected chi connectivity index (χ1v) is 11.1. The molecule has 0 fully saturated rings. The van der Waals surface area contributed by atoms with Crippen LogP contribution in [-0.4, -0.2) is 47.4 Å². The molecule has 0 radical (unpaired) electrons. The molecule has 2 aromatic rings. The minimum Gasteiger partial charge on any atom is -0.492 e. The largest absolute Gasteiger partial charge is 0.492 e. The van der Waals surface area contributed by atoms with Crippen molar-refractivity contribution in [2.45, 2.75) is 17.7 Å². The number of rotatable bonds is 8. The number of aliphatic imine (C=N–C) groups is 1. The summed E-state index contributed by atoms with van der Waals surface area (Å²) in [5, 5.41) is 10.7. The Labute approximate surface area is 182 Å². The summed E-state index contributed by atoms with van der Waals surface area (Å²) < 4.78 is 28.5. The molecule has 0 amide bonds. The Kier molecular flexibility index (Phi) is 10.1. The molecule has 0 aliphatic heterocycles. The Bertz CT molecular complexity index is 807. The second kappa shape index (κ2) is 11.5. The van der Waals surface area contributed by atoms with Crippen LogP contribution in [0.1, 0.15) is 18.4 Å². The van der Waals surface area contributed by atoms with E-state index >= 15 is 0 Å². The number of sulfone groups is 1. The van der Waals surface area contributed by atoms with Crippen molar-refractivity contribution in [3.8, 4) is 5.75 Å². The standard InChI is InChI=1S/C18H25N3O3S2.HI/c1-14(15-8-11-25-13-15)12-21-18(19-2)20-9-10-24-16-4-6-17(7-5-16)26(3,22)23;/h4-8,11,13-14H,9-10,12H2,1-3H3,(H2,19,20,21);1H. The van der Waals surface area contributed by atoms with Crippen LogP contribution < -0.4 is 15.4 Å². The minimum absolute atomic E-state index is 0. The summed E-state index contributed by atoms with van der Waals surface area (Å²) in [4.78, 5) is 4.48. The SMILES string of the molecule is CN=C(NCCOc1ccc(S(C)(=O)=O)cc1)NCC(C)c1ccsc1.I. The summed E-state index contributed by atoms with van der Waals surface area (Å²) in [6.07, 6.45) is 1.19. The average molecular weight is 523 g/mol. The van der Waals surface area contributed by atoms with Gasteiger partial charge in [0, 0.05) is 19.8 Å². The van der Waals surface area contributed by atoms with Gasteiger partial charge < -0.3 is 15.4 Å². The molecular weight excluding hydrogens is 497 g/mol. The van der Waals surface area contributed by atoms with E-state index in [1.165, 1.54) is 11.8 Å². The third-order valence-electron chi connectivity index (χ3n) is 3.83. The third-order valence-corrected chi connectivity index (χ3v) is 5.66. The number of ether oxygens (including phenoxy) is 1. The molecule has 1 unspecified atom stereocenters. The highest BCUT2D eigenvalue weighted by atomic mass is 127. The van der Waals surface area contributed by atoms with E-state index in [0.717, 1.165) is 12.5 Å². The van der Waals surface area contributed by atoms with Gasteiger partial charge in [0.1, 0.15) is 12.4 Å². The van der Waals surface area contributed by atoms with Gasteiger partial charge >= 0.3 is 0 Å². The summed E-state index contributed by atoms with van der Waals surface area (Å²) in [5.74, 6) is 1.76. The lowest BCUT2D eigenvalue weighted by Crippen LogP contribution is -2.40. The van der Waals surface area contributed by atoms with Crippen molar-refractivity contribution in [1.29, 1.82) is 0 Å². The molecule has 1 atom stereocenters. The molecule has 0 aliphatic rings. The van der Waals surface area contributed by atoms with Gasteiger partial charge in [-0.15, -0.1) is 24.0 Å². The lowest BCUT2D eigenvalue weighted by Gasteiger charge is -2.15. The monoisotopic (exact) mass is 523 g/mol. The van der Waals surface area contributed by atoms with Gasteiger partial charge in [-0.25, -0.2) is 8.42 Å². The van der Waals surface area contributed by atoms with E-state index in [1.54, 1.807) is 42.6 Å². The summed E-state index contributed by atoms with van der Waals surface area (Å²) in [5.41, 5.74) is 1.32. The summed E-state index contributed by atoms with van der Waals surface area (Å²) in [6.45, 7) is 4.00. The van der Waals surface area contributed by atoms with E-state index in [2.05, 4.69) is 39.4 Å². The van der Waals surface area contributed by atoms with Crippen molar-refractivity contribution in [1.82, 2.24) is 10.6 Å². The minimum atomic E-state index is -3.18. The maximum atomic E-state index is 11.4. The number of guanidine groups is 1. The second-order valence-corrected chi connectivity index (χ2v) is 8.73. The van der Waals surface area contributed by atoms with E-state index in [4.69, 9.17) is 4.74 Å². The van der Waals surface area contributed by atoms with Gasteiger partial charge in [-0.05, 0) is 52.6 Å². The molecule has 0 bridgehead atoms. The Morgan fingerprint density at radius 1 is 1.22 bits per heavy atom. The summed E-state index contributed by atoms with van der Waals surface area (Å²) >= 11 is 1.70. The number of halogens is 1. The highest BCUT2D eigenvalue weighted by Crippen LogP contribution is 2.17. The lowest BCUT2D eigenvalue weighted by molar-refractivity contribution is 0.321. The summed E-state index contributed by atoms with van der Waals surface area (Å²) in [6, 6.07) is 8.54. The zero-order valence-corrected chi connectivity index (χ0v) is 19.6. The van der Waals surface area contributed by atoms with Crippen LogP contribution in [0.25, 0.3) is 0 Å². The van der Waals surface area contributed by atoms with E-state index < -0.39 is 9.84 Å². The molecule has 150 valence electrons. The van der Waals surface area contributed by atoms with Gasteiger partial charge in [0.25, 0.3) is 0 Å². The predicted molar refractivity (Wildman–Crippen MR) is 123 cm³/mol. The van der Waals surface area contributed by atoms with Crippen LogP contribution in [0, 0.1) is 0 Å². The number of hydrogen-bond donors (Lipinski definition) is 2. The Morgan fingerprint density at radius 3 is 2.48 bits per heavy atom. The van der Waals surface area contributed by atoms with Crippen LogP contribution in [0.4, 0.5) is 0 Å². The van der Waals surface area contributed by atoms with Crippen molar-refractivity contribution in [2.75, 3.05) is 33.0 Å². The second-order valence-electron chi connectivity index (χ2n) is 5.93. The average Bonchev–Trinajstić information content (AvgIpc) is 3.15. The first kappa shape index (κ1) is 23.7. The van der Waals surface area contributed by atoms with Crippen LogP contribution in [0.2, 0.25) is 0 Å². The van der Waals surface area contributed by atoms with Crippen molar-refractivity contribution >= 4 is 51.1 Å². The van der Waals surface area contributed by atoms with Crippen LogP contribution in [0.3, 0.4) is 0 Å². The normalized spacial score (nSPS) is 12.8. The van der Waals surface area contributed by atoms with Crippen LogP contribution >= 0.6 is 35.3 Å². The number of thiophene rings is 1. The van der Waals surface area contributed by atoms with Crippen LogP contribution in [-0.2, 0) is 9.84 Å². The topological polar surface area (TPSA) is 79.8 Å². The Balaban J connectivity index is 0.00000364. The fourth-order valence-electron chi connectivity index (χ4n) is 2.27. The smallest absolute Gasteiger partial charge is 0.191 e. The molecule has 0 saturated heterocycles. The molecule has 6 nitrogen and oxygen atoms in total. The summed E-state index contributed by atoms with van der Waals surface area (Å²) in [7, 11) is -1.45. The van der Waals surface area contributed by atoms with Crippen LogP contribution in [0.5, 0.6) is 5.75 Å². The molecule has 0 spiro atoms. The molecule has 27 heavy (non-hydrogen) atoms. The zero-order chi connectivity index (χ0) is 19.0. The highest BCUT2D eigenvalue weighted by molar-refractivity contribution is 14.0. The molecule has 9 heteroatoms. The molecule has 2 N–H and O–H groups in total. The molecular formula is C18H26IN3O3S2. The highest BCUT2D eigenvalue weighted by Gasteiger charge is 2.08. The lowest BCUT2D eigenvalue weighted by atomic mass is 10.1. The molecule has 1 aromatic carbocycles. The van der Waals surface area contributed by atoms with E-state index in [9.17, 15) is 8.42 Å². The van der Waals surface area contributed by atoms with E-state index in [1.807, 2.05) is 0 Å². The quantitative estimate of drug-likeness (QED) is 0.241. The Morgan fingerprint density at radius 2 is 1.93 bits per heavy atom. The van der Waals surface area contributed by atoms with E-state index in [0.29, 0.717) is 24.8 Å². The number of nitrogens with zero attached hydrogens (tertiary/aromatic N) is 1. The zero-order valence-electron chi connectivity index (χ0n) is 15.6. The Hall–Kier alpha value is -1.33. The van der Waals surface area contributed by atoms with Gasteiger partial charge in [0.15, 0.2) is 15.8 Å². The van der Waals surface area contributed by atoms with Gasteiger partial charge in [0.2, 0.25) is 0 Å². The van der Waals surface area contributed by atoms with Crippen molar-refractivity contribution in [3.05, 3.63) is 46.7 Å². The van der Waals surface area contributed by atoms with Gasteiger partial charge in [-0.2, -0.15) is 11.3 Å². The fourth-order valence-corrected chi connectivity index (χ4v) is 3.68. The van der Waals surface area contributed by atoms with Crippen LogP contribution in [0.15, 0.2) is 51.0 Å². The molecule has 1 aromatic heterocycles. The molecule has 1 heterocycles. The molecule has 0 aliphatic carbocycles. The fraction of sp³-hybridized carbons (Fsp3) is 0.389. The third kappa shape index (κ3) is 8.06. The first-order valence-electron chi connectivity index (χ1n) is 8.29. The molecule has 2 rings (SSSR count). The first-order chi connectivity index (χ1) is 12.4. The number of benzene rings is 1. The maximum absolute atomic E-state index is 11.4.